The molecule has 1 aliphatic heterocycles. The van der Waals surface area contributed by atoms with Gasteiger partial charge in [-0.25, -0.2) is 0 Å². The Kier molecular flexibility index (Phi) is 0.708. The van der Waals surface area contributed by atoms with Gasteiger partial charge in [-0.1, -0.05) is 0 Å². The van der Waals surface area contributed by atoms with Crippen molar-refractivity contribution in [2.45, 2.75) is 6.42 Å². The molecule has 0 aliphatic carbocycles. The molecule has 2 nitrogen and oxygen atoms in total. The molecule has 34 valence electrons. The molecule has 0 bridgehead atoms. The van der Waals surface area contributed by atoms with Crippen molar-refractivity contribution < 1.29 is 5.11 Å². The normalized spacial score (nSPS) is 19.7. The summed E-state index contributed by atoms with van der Waals surface area (Å²) in [6, 6.07) is 0. The lowest BCUT2D eigenvalue weighted by molar-refractivity contribution is 0.378. The second-order valence-electron chi connectivity index (χ2n) is 1.30. The van der Waals surface area contributed by atoms with Crippen LogP contribution in [-0.4, -0.2) is 11.7 Å². The molecule has 0 atom stereocenters. The third kappa shape index (κ3) is 0.455. The molecule has 0 amide bonds. The van der Waals surface area contributed by atoms with Gasteiger partial charge in [0, 0.05) is 6.54 Å². The monoisotopic (exact) mass is 85.1 g/mol. The van der Waals surface area contributed by atoms with E-state index in [0.717, 1.165) is 13.0 Å². The molecule has 0 aromatic rings. The number of hydrogen-bond acceptors (Lipinski definition) is 2. The summed E-state index contributed by atoms with van der Waals surface area (Å²) in [5.74, 6) is 0.329. The van der Waals surface area contributed by atoms with Crippen molar-refractivity contribution in [2.75, 3.05) is 6.54 Å². The van der Waals surface area contributed by atoms with Crippen molar-refractivity contribution >= 4 is 0 Å². The van der Waals surface area contributed by atoms with Gasteiger partial charge in [0.25, 0.3) is 0 Å². The molecule has 0 saturated heterocycles. The molecule has 2 heteroatoms. The van der Waals surface area contributed by atoms with E-state index in [4.69, 9.17) is 5.11 Å². The zero-order valence-electron chi connectivity index (χ0n) is 3.44. The first-order chi connectivity index (χ1) is 2.89. The first-order valence-electron chi connectivity index (χ1n) is 2.02. The highest BCUT2D eigenvalue weighted by Crippen LogP contribution is 1.93. The number of aliphatic hydroxyl groups is 1. The van der Waals surface area contributed by atoms with Crippen LogP contribution in [0, 0.1) is 0 Å². The summed E-state index contributed by atoms with van der Waals surface area (Å²) in [4.78, 5) is 0. The van der Waals surface area contributed by atoms with E-state index in [-0.39, 0.29) is 0 Å². The third-order valence-corrected chi connectivity index (χ3v) is 0.788. The molecular formula is C4H7NO. The smallest absolute Gasteiger partial charge is 0.179 e. The zero-order chi connectivity index (χ0) is 4.41. The Morgan fingerprint density at radius 3 is 2.83 bits per heavy atom. The van der Waals surface area contributed by atoms with E-state index in [9.17, 15) is 0 Å². The maximum absolute atomic E-state index is 8.48. The van der Waals surface area contributed by atoms with Crippen molar-refractivity contribution in [2.24, 2.45) is 0 Å². The fraction of sp³-hybridized carbons (Fsp3) is 0.500. The van der Waals surface area contributed by atoms with E-state index < -0.39 is 0 Å². The maximum Gasteiger partial charge on any atom is 0.179 e. The molecular weight excluding hydrogens is 78.0 g/mol. The van der Waals surface area contributed by atoms with E-state index in [2.05, 4.69) is 5.32 Å². The van der Waals surface area contributed by atoms with Crippen LogP contribution in [0.4, 0.5) is 0 Å². The third-order valence-electron chi connectivity index (χ3n) is 0.788. The van der Waals surface area contributed by atoms with Crippen molar-refractivity contribution in [3.05, 3.63) is 12.0 Å². The van der Waals surface area contributed by atoms with Gasteiger partial charge >= 0.3 is 0 Å². The Balaban J connectivity index is 2.45. The molecule has 1 rings (SSSR count). The quantitative estimate of drug-likeness (QED) is 0.445. The van der Waals surface area contributed by atoms with E-state index >= 15 is 0 Å². The number of nitrogens with one attached hydrogen (secondary N) is 1. The zero-order valence-corrected chi connectivity index (χ0v) is 3.44. The highest BCUT2D eigenvalue weighted by molar-refractivity contribution is 4.94. The Labute approximate surface area is 36.5 Å². The molecule has 0 aromatic heterocycles. The molecule has 0 unspecified atom stereocenters. The van der Waals surface area contributed by atoms with Gasteiger partial charge in [-0.05, 0) is 12.5 Å². The highest BCUT2D eigenvalue weighted by atomic mass is 16.3. The molecule has 0 aromatic carbocycles. The van der Waals surface area contributed by atoms with Gasteiger partial charge in [-0.2, -0.15) is 0 Å². The summed E-state index contributed by atoms with van der Waals surface area (Å²) in [6.07, 6.45) is 2.73. The fourth-order valence-corrected chi connectivity index (χ4v) is 0.481. The molecule has 0 fully saturated rings. The van der Waals surface area contributed by atoms with E-state index in [1.165, 1.54) is 0 Å². The summed E-state index contributed by atoms with van der Waals surface area (Å²) in [7, 11) is 0. The second kappa shape index (κ2) is 1.20. The average Bonchev–Trinajstić information content (AvgIpc) is 1.86. The van der Waals surface area contributed by atoms with Crippen molar-refractivity contribution in [3.63, 3.8) is 0 Å². The molecule has 2 N–H and O–H groups in total. The van der Waals surface area contributed by atoms with E-state index in [1.807, 2.05) is 0 Å². The van der Waals surface area contributed by atoms with Gasteiger partial charge < -0.3 is 10.4 Å². The van der Waals surface area contributed by atoms with Crippen molar-refractivity contribution in [3.8, 4) is 0 Å². The average molecular weight is 85.1 g/mol. The van der Waals surface area contributed by atoms with Gasteiger partial charge in [0.1, 0.15) is 0 Å². The minimum absolute atomic E-state index is 0.329. The summed E-state index contributed by atoms with van der Waals surface area (Å²) in [5.41, 5.74) is 0. The molecule has 1 heterocycles. The van der Waals surface area contributed by atoms with Gasteiger partial charge in [-0.3, -0.25) is 0 Å². The van der Waals surface area contributed by atoms with Gasteiger partial charge in [-0.15, -0.1) is 0 Å². The maximum atomic E-state index is 8.48. The van der Waals surface area contributed by atoms with Crippen LogP contribution in [-0.2, 0) is 0 Å². The minimum atomic E-state index is 0.329. The molecule has 6 heavy (non-hydrogen) atoms. The van der Waals surface area contributed by atoms with Crippen molar-refractivity contribution in [1.29, 1.82) is 0 Å². The van der Waals surface area contributed by atoms with Crippen LogP contribution in [0.15, 0.2) is 12.0 Å². The van der Waals surface area contributed by atoms with Crippen LogP contribution >= 0.6 is 0 Å². The van der Waals surface area contributed by atoms with Crippen LogP contribution in [0.5, 0.6) is 0 Å². The van der Waals surface area contributed by atoms with Gasteiger partial charge in [0.15, 0.2) is 5.88 Å². The number of aliphatic hydroxyl groups excluding tert-OH is 1. The summed E-state index contributed by atoms with van der Waals surface area (Å²) >= 11 is 0. The van der Waals surface area contributed by atoms with Crippen LogP contribution < -0.4 is 5.32 Å². The molecule has 0 saturated carbocycles. The highest BCUT2D eigenvalue weighted by Gasteiger charge is 1.95. The lowest BCUT2D eigenvalue weighted by Crippen LogP contribution is -2.05. The first kappa shape index (κ1) is 3.53. The Hall–Kier alpha value is -0.660. The molecule has 0 spiro atoms. The van der Waals surface area contributed by atoms with Gasteiger partial charge in [0.2, 0.25) is 0 Å². The Bertz CT molecular complexity index is 77.6. The topological polar surface area (TPSA) is 32.3 Å². The van der Waals surface area contributed by atoms with Crippen LogP contribution in [0.25, 0.3) is 0 Å². The van der Waals surface area contributed by atoms with Crippen LogP contribution in [0.1, 0.15) is 6.42 Å². The largest absolute Gasteiger partial charge is 0.495 e. The lowest BCUT2D eigenvalue weighted by atomic mass is 10.5. The van der Waals surface area contributed by atoms with Crippen LogP contribution in [0.3, 0.4) is 0 Å². The predicted molar refractivity (Wildman–Crippen MR) is 23.3 cm³/mol. The van der Waals surface area contributed by atoms with E-state index in [1.54, 1.807) is 6.08 Å². The fourth-order valence-electron chi connectivity index (χ4n) is 0.481. The summed E-state index contributed by atoms with van der Waals surface area (Å²) < 4.78 is 0. The Morgan fingerprint density at radius 1 is 1.83 bits per heavy atom. The van der Waals surface area contributed by atoms with Gasteiger partial charge in [0.05, 0.1) is 0 Å². The number of rotatable bonds is 0. The predicted octanol–water partition coefficient (Wildman–Crippen LogP) is 0.379. The standard InChI is InChI=1S/C4H7NO/c6-4-2-1-3-5-4/h2,5-6H,1,3H2. The van der Waals surface area contributed by atoms with E-state index in [0.29, 0.717) is 5.88 Å². The number of hydrogen-bond donors (Lipinski definition) is 2. The second-order valence-corrected chi connectivity index (χ2v) is 1.30. The molecule has 1 aliphatic rings. The SMILES string of the molecule is OC1=CCCN1. The first-order valence-corrected chi connectivity index (χ1v) is 2.02. The Morgan fingerprint density at radius 2 is 2.67 bits per heavy atom. The van der Waals surface area contributed by atoms with Crippen molar-refractivity contribution in [1.82, 2.24) is 5.32 Å². The minimum Gasteiger partial charge on any atom is -0.495 e. The lowest BCUT2D eigenvalue weighted by Gasteiger charge is -1.87. The van der Waals surface area contributed by atoms with Crippen LogP contribution in [0.2, 0.25) is 0 Å². The summed E-state index contributed by atoms with van der Waals surface area (Å²) in [6.45, 7) is 0.895. The summed E-state index contributed by atoms with van der Waals surface area (Å²) in [5, 5.41) is 11.2. The molecule has 0 radical (unpaired) electrons.